The van der Waals surface area contributed by atoms with E-state index in [9.17, 15) is 9.59 Å². The van der Waals surface area contributed by atoms with Gasteiger partial charge in [-0.2, -0.15) is 0 Å². The second-order valence-electron chi connectivity index (χ2n) is 9.95. The summed E-state index contributed by atoms with van der Waals surface area (Å²) in [5.74, 6) is 0.695. The van der Waals surface area contributed by atoms with E-state index in [2.05, 4.69) is 26.6 Å². The highest BCUT2D eigenvalue weighted by atomic mass is 79.9. The Morgan fingerprint density at radius 2 is 1.72 bits per heavy atom. The van der Waals surface area contributed by atoms with Crippen LogP contribution in [0.25, 0.3) is 0 Å². The lowest BCUT2D eigenvalue weighted by Crippen LogP contribution is -2.48. The number of aryl methyl sites for hydroxylation is 2. The summed E-state index contributed by atoms with van der Waals surface area (Å²) >= 11 is 16.7. The molecule has 3 heterocycles. The minimum absolute atomic E-state index is 0.124. The molecule has 5 rings (SSSR count). The van der Waals surface area contributed by atoms with Gasteiger partial charge in [-0.25, -0.2) is 9.56 Å². The van der Waals surface area contributed by atoms with E-state index >= 15 is 0 Å². The maximum absolute atomic E-state index is 13.1. The summed E-state index contributed by atoms with van der Waals surface area (Å²) in [5, 5.41) is 1.28. The highest BCUT2D eigenvalue weighted by molar-refractivity contribution is 9.10. The highest BCUT2D eigenvalue weighted by Crippen LogP contribution is 2.33. The first-order valence-corrected chi connectivity index (χ1v) is 14.1. The summed E-state index contributed by atoms with van der Waals surface area (Å²) in [4.78, 5) is 33.4. The van der Waals surface area contributed by atoms with E-state index in [0.717, 1.165) is 78.9 Å². The van der Waals surface area contributed by atoms with Crippen LogP contribution in [0.3, 0.4) is 0 Å². The lowest BCUT2D eigenvalue weighted by atomic mass is 9.93. The summed E-state index contributed by atoms with van der Waals surface area (Å²) < 4.78 is 3.29. The number of piperidine rings is 1. The molecule has 6 nitrogen and oxygen atoms in total. The maximum Gasteiger partial charge on any atom is 0.235 e. The van der Waals surface area contributed by atoms with Crippen LogP contribution in [0.1, 0.15) is 48.6 Å². The van der Waals surface area contributed by atoms with E-state index < -0.39 is 0 Å². The molecule has 0 spiro atoms. The number of benzene rings is 1. The first-order chi connectivity index (χ1) is 17.3. The molecule has 9 heteroatoms. The van der Waals surface area contributed by atoms with Gasteiger partial charge < -0.3 is 9.80 Å². The van der Waals surface area contributed by atoms with Crippen molar-refractivity contribution in [3.8, 4) is 0 Å². The summed E-state index contributed by atoms with van der Waals surface area (Å²) in [7, 11) is 0. The third kappa shape index (κ3) is 5.34. The lowest BCUT2D eigenvalue weighted by molar-refractivity contribution is -0.537. The molecule has 2 fully saturated rings. The molecule has 0 unspecified atom stereocenters. The smallest absolute Gasteiger partial charge is 0.235 e. The molecule has 1 aromatic heterocycles. The van der Waals surface area contributed by atoms with Crippen molar-refractivity contribution in [2.45, 2.75) is 39.0 Å². The first kappa shape index (κ1) is 25.7. The Bertz CT molecular complexity index is 1230. The topological polar surface area (TPSA) is 56.5 Å². The van der Waals surface area contributed by atoms with Crippen LogP contribution in [-0.2, 0) is 22.4 Å². The van der Waals surface area contributed by atoms with Crippen LogP contribution in [0.5, 0.6) is 0 Å². The van der Waals surface area contributed by atoms with Crippen molar-refractivity contribution in [1.29, 1.82) is 0 Å². The molecular weight excluding hydrogens is 563 g/mol. The van der Waals surface area contributed by atoms with Gasteiger partial charge in [0.15, 0.2) is 13.1 Å². The molecule has 190 valence electrons. The summed E-state index contributed by atoms with van der Waals surface area (Å²) in [6.45, 7) is 5.91. The molecule has 0 radical (unpaired) electrons. The fourth-order valence-electron chi connectivity index (χ4n) is 5.68. The average molecular weight is 593 g/mol. The SMILES string of the molecule is CC(=O)N1CCC(CC(=O)N2CC[N+](=C3c4ncc(Br)cc4CCc4cc(Cl)cc(Cl)c43)CC2)CC1. The van der Waals surface area contributed by atoms with Gasteiger partial charge in [-0.05, 0) is 76.9 Å². The third-order valence-electron chi connectivity index (χ3n) is 7.67. The largest absolute Gasteiger partial charge is 0.343 e. The van der Waals surface area contributed by atoms with Crippen molar-refractivity contribution in [3.63, 3.8) is 0 Å². The summed E-state index contributed by atoms with van der Waals surface area (Å²) in [5.41, 5.74) is 5.31. The number of aromatic nitrogens is 1. The van der Waals surface area contributed by atoms with Gasteiger partial charge in [-0.15, -0.1) is 0 Å². The Kier molecular flexibility index (Phi) is 7.70. The van der Waals surface area contributed by atoms with Crippen LogP contribution in [0.4, 0.5) is 0 Å². The van der Waals surface area contributed by atoms with Gasteiger partial charge in [0, 0.05) is 42.1 Å². The Labute approximate surface area is 230 Å². The van der Waals surface area contributed by atoms with Crippen LogP contribution in [0, 0.1) is 5.92 Å². The van der Waals surface area contributed by atoms with Crippen LogP contribution >= 0.6 is 39.1 Å². The molecule has 2 saturated heterocycles. The minimum atomic E-state index is 0.124. The zero-order chi connectivity index (χ0) is 25.4. The molecule has 2 amide bonds. The van der Waals surface area contributed by atoms with Gasteiger partial charge in [-0.1, -0.05) is 23.2 Å². The number of likely N-dealkylation sites (tertiary alicyclic amines) is 1. The monoisotopic (exact) mass is 591 g/mol. The molecule has 0 atom stereocenters. The van der Waals surface area contributed by atoms with Crippen molar-refractivity contribution in [3.05, 3.63) is 61.3 Å². The zero-order valence-electron chi connectivity index (χ0n) is 20.4. The van der Waals surface area contributed by atoms with Crippen molar-refractivity contribution < 1.29 is 14.2 Å². The fraction of sp³-hybridized carbons (Fsp3) is 0.481. The second-order valence-corrected chi connectivity index (χ2v) is 11.7. The Balaban J connectivity index is 1.37. The van der Waals surface area contributed by atoms with Crippen molar-refractivity contribution in [1.82, 2.24) is 14.8 Å². The number of fused-ring (bicyclic) bond motifs is 2. The molecule has 36 heavy (non-hydrogen) atoms. The number of hydrogen-bond acceptors (Lipinski definition) is 3. The number of halogens is 3. The minimum Gasteiger partial charge on any atom is -0.343 e. The van der Waals surface area contributed by atoms with Gasteiger partial charge in [0.25, 0.3) is 0 Å². The van der Waals surface area contributed by atoms with Crippen LogP contribution in [0.2, 0.25) is 10.0 Å². The van der Waals surface area contributed by atoms with Crippen LogP contribution in [-0.4, -0.2) is 76.2 Å². The Morgan fingerprint density at radius 1 is 1.03 bits per heavy atom. The van der Waals surface area contributed by atoms with E-state index in [1.54, 1.807) is 6.92 Å². The number of hydrogen-bond donors (Lipinski definition) is 0. The lowest BCUT2D eigenvalue weighted by Gasteiger charge is -2.33. The normalized spacial score (nSPS) is 18.6. The van der Waals surface area contributed by atoms with Crippen molar-refractivity contribution in [2.24, 2.45) is 5.92 Å². The van der Waals surface area contributed by atoms with E-state index in [0.29, 0.717) is 35.5 Å². The quantitative estimate of drug-likeness (QED) is 0.479. The van der Waals surface area contributed by atoms with Crippen molar-refractivity contribution in [2.75, 3.05) is 39.3 Å². The molecule has 0 N–H and O–H groups in total. The highest BCUT2D eigenvalue weighted by Gasteiger charge is 2.34. The van der Waals surface area contributed by atoms with E-state index in [1.807, 2.05) is 28.1 Å². The number of piperazine rings is 1. The molecule has 2 aliphatic heterocycles. The molecule has 0 saturated carbocycles. The number of amides is 2. The van der Waals surface area contributed by atoms with E-state index in [-0.39, 0.29) is 11.8 Å². The predicted octanol–water partition coefficient (Wildman–Crippen LogP) is 4.59. The molecule has 3 aliphatic rings. The maximum atomic E-state index is 13.1. The summed E-state index contributed by atoms with van der Waals surface area (Å²) in [6, 6.07) is 5.96. The van der Waals surface area contributed by atoms with Gasteiger partial charge in [0.1, 0.15) is 5.69 Å². The van der Waals surface area contributed by atoms with E-state index in [1.165, 1.54) is 5.56 Å². The molecular formula is C27H30BrCl2N4O2+. The van der Waals surface area contributed by atoms with Gasteiger partial charge >= 0.3 is 0 Å². The molecule has 1 aliphatic carbocycles. The second kappa shape index (κ2) is 10.8. The first-order valence-electron chi connectivity index (χ1n) is 12.6. The Morgan fingerprint density at radius 3 is 2.42 bits per heavy atom. The van der Waals surface area contributed by atoms with Crippen LogP contribution < -0.4 is 0 Å². The molecule has 2 aromatic rings. The number of rotatable bonds is 2. The van der Waals surface area contributed by atoms with Gasteiger partial charge in [0.2, 0.25) is 17.5 Å². The Hall–Kier alpha value is -1.96. The van der Waals surface area contributed by atoms with E-state index in [4.69, 9.17) is 28.2 Å². The number of nitrogens with zero attached hydrogens (tertiary/aromatic N) is 4. The molecule has 0 bridgehead atoms. The van der Waals surface area contributed by atoms with Gasteiger partial charge in [0.05, 0.1) is 23.7 Å². The van der Waals surface area contributed by atoms with Crippen molar-refractivity contribution >= 4 is 56.7 Å². The molecule has 1 aromatic carbocycles. The van der Waals surface area contributed by atoms with Crippen LogP contribution in [0.15, 0.2) is 28.9 Å². The number of carbonyl (C=O) groups is 2. The standard InChI is InChI=1S/C27H30BrCl2N4O2/c1-17(35)32-6-4-18(5-7-32)12-24(36)33-8-10-34(11-9-33)27-25-19(14-22(29)15-23(25)30)2-3-20-13-21(28)16-31-26(20)27/h13-16,18H,2-12H2,1H3/q+1. The number of carbonyl (C=O) groups excluding carboxylic acids is 2. The number of pyridine rings is 1. The van der Waals surface area contributed by atoms with Gasteiger partial charge in [-0.3, -0.25) is 9.59 Å². The third-order valence-corrected chi connectivity index (χ3v) is 8.62. The predicted molar refractivity (Wildman–Crippen MR) is 145 cm³/mol. The average Bonchev–Trinajstić information content (AvgIpc) is 3.01. The zero-order valence-corrected chi connectivity index (χ0v) is 23.5. The fourth-order valence-corrected chi connectivity index (χ4v) is 6.68. The summed E-state index contributed by atoms with van der Waals surface area (Å²) in [6.07, 6.45) is 5.90.